The van der Waals surface area contributed by atoms with E-state index in [9.17, 15) is 19.5 Å². The van der Waals surface area contributed by atoms with Crippen LogP contribution in [0, 0.1) is 11.8 Å². The first-order chi connectivity index (χ1) is 18.9. The predicted molar refractivity (Wildman–Crippen MR) is 151 cm³/mol. The zero-order chi connectivity index (χ0) is 27.6. The molecule has 5 atom stereocenters. The van der Waals surface area contributed by atoms with Crippen molar-refractivity contribution in [3.63, 3.8) is 0 Å². The summed E-state index contributed by atoms with van der Waals surface area (Å²) in [6.07, 6.45) is 11.4. The molecule has 0 radical (unpaired) electrons. The molecule has 0 aliphatic carbocycles. The molecular formula is C29H44N4O5S. The molecule has 3 saturated heterocycles. The van der Waals surface area contributed by atoms with Crippen LogP contribution in [0.4, 0.5) is 0 Å². The van der Waals surface area contributed by atoms with Crippen molar-refractivity contribution >= 4 is 29.5 Å². The Hall–Kier alpha value is -1.88. The van der Waals surface area contributed by atoms with Crippen molar-refractivity contribution in [2.75, 3.05) is 72.2 Å². The van der Waals surface area contributed by atoms with Gasteiger partial charge in [0.25, 0.3) is 0 Å². The number of amides is 3. The van der Waals surface area contributed by atoms with Gasteiger partial charge in [-0.25, -0.2) is 0 Å². The number of ether oxygens (including phenoxy) is 1. The average molecular weight is 561 g/mol. The minimum absolute atomic E-state index is 0.0133. The van der Waals surface area contributed by atoms with E-state index in [1.54, 1.807) is 16.7 Å². The number of carbonyl (C=O) groups is 3. The summed E-state index contributed by atoms with van der Waals surface area (Å²) in [7, 11) is 0. The van der Waals surface area contributed by atoms with Gasteiger partial charge in [-0.05, 0) is 32.6 Å². The van der Waals surface area contributed by atoms with E-state index in [0.29, 0.717) is 52.4 Å². The van der Waals surface area contributed by atoms with E-state index in [-0.39, 0.29) is 24.3 Å². The van der Waals surface area contributed by atoms with Gasteiger partial charge in [-0.2, -0.15) is 0 Å². The van der Waals surface area contributed by atoms with Gasteiger partial charge >= 0.3 is 0 Å². The molecule has 1 unspecified atom stereocenters. The monoisotopic (exact) mass is 560 g/mol. The van der Waals surface area contributed by atoms with Crippen molar-refractivity contribution < 1.29 is 24.2 Å². The highest BCUT2D eigenvalue weighted by atomic mass is 32.2. The van der Waals surface area contributed by atoms with E-state index in [4.69, 9.17) is 4.74 Å². The summed E-state index contributed by atoms with van der Waals surface area (Å²) in [6, 6.07) is -0.637. The van der Waals surface area contributed by atoms with E-state index >= 15 is 0 Å². The summed E-state index contributed by atoms with van der Waals surface area (Å²) in [5.74, 6) is -1.15. The van der Waals surface area contributed by atoms with Crippen molar-refractivity contribution in [1.29, 1.82) is 0 Å². The Morgan fingerprint density at radius 3 is 2.33 bits per heavy atom. The van der Waals surface area contributed by atoms with Gasteiger partial charge in [0.1, 0.15) is 6.04 Å². The van der Waals surface area contributed by atoms with Gasteiger partial charge in [-0.15, -0.1) is 11.8 Å². The lowest BCUT2D eigenvalue weighted by Crippen LogP contribution is -2.54. The van der Waals surface area contributed by atoms with Crippen LogP contribution in [0.3, 0.4) is 0 Å². The number of carbonyl (C=O) groups excluding carboxylic acids is 3. The second-order valence-corrected chi connectivity index (χ2v) is 13.4. The Bertz CT molecular complexity index is 1000. The second kappa shape index (κ2) is 11.9. The van der Waals surface area contributed by atoms with Gasteiger partial charge in [0.05, 0.1) is 29.8 Å². The fourth-order valence-electron chi connectivity index (χ4n) is 7.19. The molecule has 9 nitrogen and oxygen atoms in total. The highest BCUT2D eigenvalue weighted by molar-refractivity contribution is 8.02. The smallest absolute Gasteiger partial charge is 0.247 e. The van der Waals surface area contributed by atoms with Crippen LogP contribution in [0.5, 0.6) is 0 Å². The van der Waals surface area contributed by atoms with Crippen LogP contribution in [0.1, 0.15) is 39.5 Å². The quantitative estimate of drug-likeness (QED) is 0.319. The lowest BCUT2D eigenvalue weighted by Gasteiger charge is -2.37. The summed E-state index contributed by atoms with van der Waals surface area (Å²) >= 11 is 1.65. The number of morpholine rings is 1. The van der Waals surface area contributed by atoms with Crippen LogP contribution in [0.15, 0.2) is 24.3 Å². The summed E-state index contributed by atoms with van der Waals surface area (Å²) < 4.78 is 4.14. The molecule has 1 spiro atoms. The maximum absolute atomic E-state index is 14.4. The Labute approximate surface area is 236 Å². The topological polar surface area (TPSA) is 93.6 Å². The number of nitrogens with zero attached hydrogens (tertiary/aromatic N) is 4. The first-order valence-electron chi connectivity index (χ1n) is 14.7. The standard InChI is InChI=1S/C29H44N4O5S/c1-3-11-31-12-7-9-28(2)22(25(31)35)23-26(36)33(14-5-4-6-19-34)24-27(37)32(13-8-10-29(23,24)39-28)16-15-30-17-20-38-21-18-30/h7-10,22-24,34H,3-6,11-21H2,1-2H3/t22-,23-,24?,28+,29-/m0/s1. The van der Waals surface area contributed by atoms with Gasteiger partial charge in [0.2, 0.25) is 17.7 Å². The molecule has 5 heterocycles. The molecule has 5 aliphatic rings. The number of aliphatic hydroxyl groups is 1. The van der Waals surface area contributed by atoms with Gasteiger partial charge < -0.3 is 24.5 Å². The first-order valence-corrected chi connectivity index (χ1v) is 15.5. The molecule has 5 rings (SSSR count). The van der Waals surface area contributed by atoms with Crippen molar-refractivity contribution in [3.05, 3.63) is 24.3 Å². The molecule has 0 saturated carbocycles. The van der Waals surface area contributed by atoms with Crippen molar-refractivity contribution in [1.82, 2.24) is 19.6 Å². The van der Waals surface area contributed by atoms with Gasteiger partial charge in [0.15, 0.2) is 0 Å². The second-order valence-electron chi connectivity index (χ2n) is 11.6. The summed E-state index contributed by atoms with van der Waals surface area (Å²) in [5.41, 5.74) is 0. The van der Waals surface area contributed by atoms with Crippen LogP contribution in [0.2, 0.25) is 0 Å². The predicted octanol–water partition coefficient (Wildman–Crippen LogP) is 1.38. The number of rotatable bonds is 10. The minimum atomic E-state index is -0.784. The minimum Gasteiger partial charge on any atom is -0.396 e. The van der Waals surface area contributed by atoms with Crippen LogP contribution in [-0.2, 0) is 19.1 Å². The molecule has 10 heteroatoms. The lowest BCUT2D eigenvalue weighted by molar-refractivity contribution is -0.145. The molecule has 0 aromatic carbocycles. The molecule has 5 aliphatic heterocycles. The zero-order valence-electron chi connectivity index (χ0n) is 23.4. The fourth-order valence-corrected chi connectivity index (χ4v) is 9.35. The Balaban J connectivity index is 1.48. The van der Waals surface area contributed by atoms with Crippen LogP contribution in [0.25, 0.3) is 0 Å². The Morgan fingerprint density at radius 1 is 0.897 bits per heavy atom. The Morgan fingerprint density at radius 2 is 1.62 bits per heavy atom. The number of hydrogen-bond acceptors (Lipinski definition) is 7. The van der Waals surface area contributed by atoms with E-state index in [0.717, 1.165) is 38.9 Å². The van der Waals surface area contributed by atoms with Gasteiger partial charge in [-0.1, -0.05) is 31.2 Å². The summed E-state index contributed by atoms with van der Waals surface area (Å²) in [4.78, 5) is 50.7. The molecule has 216 valence electrons. The van der Waals surface area contributed by atoms with E-state index in [2.05, 4.69) is 43.1 Å². The average Bonchev–Trinajstić information content (AvgIpc) is 3.20. The Kier molecular flexibility index (Phi) is 8.76. The molecule has 3 amide bonds. The van der Waals surface area contributed by atoms with Crippen molar-refractivity contribution in [2.45, 2.75) is 55.1 Å². The lowest BCUT2D eigenvalue weighted by atomic mass is 9.74. The van der Waals surface area contributed by atoms with E-state index in [1.807, 2.05) is 9.80 Å². The molecule has 1 N–H and O–H groups in total. The molecule has 0 aromatic heterocycles. The third-order valence-corrected chi connectivity index (χ3v) is 10.9. The maximum atomic E-state index is 14.4. The fraction of sp³-hybridized carbons (Fsp3) is 0.759. The molecule has 3 fully saturated rings. The SMILES string of the molecule is CCCN1CC=C[C@@]2(C)S[C@]34C=CCN(CCN5CCOCC5)C(=O)C3N(CCCCCO)C(=O)[C@@H]4[C@H]2C1=O. The molecule has 0 aromatic rings. The third-order valence-electron chi connectivity index (χ3n) is 9.06. The zero-order valence-corrected chi connectivity index (χ0v) is 24.2. The van der Waals surface area contributed by atoms with Crippen molar-refractivity contribution in [2.24, 2.45) is 11.8 Å². The molecule has 39 heavy (non-hydrogen) atoms. The number of hydrogen-bond donors (Lipinski definition) is 1. The number of unbranched alkanes of at least 4 members (excludes halogenated alkanes) is 2. The number of aliphatic hydroxyl groups excluding tert-OH is 1. The van der Waals surface area contributed by atoms with Gasteiger partial charge in [0, 0.05) is 63.7 Å². The van der Waals surface area contributed by atoms with Crippen LogP contribution < -0.4 is 0 Å². The largest absolute Gasteiger partial charge is 0.396 e. The van der Waals surface area contributed by atoms with Crippen molar-refractivity contribution in [3.8, 4) is 0 Å². The van der Waals surface area contributed by atoms with Crippen LogP contribution in [-0.4, -0.2) is 130 Å². The maximum Gasteiger partial charge on any atom is 0.247 e. The first kappa shape index (κ1) is 28.6. The number of fused-ring (bicyclic) bond motifs is 2. The molecule has 0 bridgehead atoms. The van der Waals surface area contributed by atoms with Crippen LogP contribution >= 0.6 is 11.8 Å². The van der Waals surface area contributed by atoms with Gasteiger partial charge in [-0.3, -0.25) is 19.3 Å². The highest BCUT2D eigenvalue weighted by Crippen LogP contribution is 2.65. The normalized spacial score (nSPS) is 34.8. The van der Waals surface area contributed by atoms with E-state index < -0.39 is 27.4 Å². The third kappa shape index (κ3) is 5.18. The van der Waals surface area contributed by atoms with E-state index in [1.165, 1.54) is 0 Å². The number of likely N-dealkylation sites (tertiary alicyclic amines) is 1. The number of thioether (sulfide) groups is 1. The summed E-state index contributed by atoms with van der Waals surface area (Å²) in [5, 5.41) is 9.28. The summed E-state index contributed by atoms with van der Waals surface area (Å²) in [6.45, 7) is 11.0. The molecular weight excluding hydrogens is 516 g/mol. The highest BCUT2D eigenvalue weighted by Gasteiger charge is 2.73.